The minimum absolute atomic E-state index is 0.246. The zero-order valence-electron chi connectivity index (χ0n) is 19.2. The molecule has 5 atom stereocenters. The van der Waals surface area contributed by atoms with Crippen molar-refractivity contribution in [1.29, 1.82) is 0 Å². The van der Waals surface area contributed by atoms with Crippen LogP contribution in [-0.4, -0.2) is 85.0 Å². The molecule has 11 heteroatoms. The number of rotatable bonds is 2. The zero-order valence-corrected chi connectivity index (χ0v) is 23.5. The third-order valence-electron chi connectivity index (χ3n) is 7.10. The Morgan fingerprint density at radius 2 is 1.49 bits per heavy atom. The molecule has 9 nitrogen and oxygen atoms in total. The molecule has 2 aromatic heterocycles. The highest BCUT2D eigenvalue weighted by Gasteiger charge is 2.40. The van der Waals surface area contributed by atoms with Gasteiger partial charge in [0.25, 0.3) is 0 Å². The molecule has 7 rings (SSSR count). The van der Waals surface area contributed by atoms with Crippen LogP contribution in [0.3, 0.4) is 0 Å². The number of pyridine rings is 2. The van der Waals surface area contributed by atoms with Crippen molar-refractivity contribution in [3.8, 4) is 11.5 Å². The highest BCUT2D eigenvalue weighted by Crippen LogP contribution is 2.40. The molecule has 0 saturated carbocycles. The Kier molecular flexibility index (Phi) is 7.12. The van der Waals surface area contributed by atoms with Gasteiger partial charge < -0.3 is 33.9 Å². The van der Waals surface area contributed by atoms with Gasteiger partial charge in [0.2, 0.25) is 0 Å². The molecular weight excluding hydrogens is 678 g/mol. The van der Waals surface area contributed by atoms with E-state index in [1.54, 1.807) is 6.20 Å². The summed E-state index contributed by atoms with van der Waals surface area (Å²) in [5, 5.41) is 9.63. The van der Waals surface area contributed by atoms with Gasteiger partial charge in [0.1, 0.15) is 13.2 Å². The summed E-state index contributed by atoms with van der Waals surface area (Å²) in [6, 6.07) is 4.60. The minimum atomic E-state index is -0.246. The Hall–Kier alpha value is -1.16. The van der Waals surface area contributed by atoms with E-state index in [1.165, 1.54) is 0 Å². The lowest BCUT2D eigenvalue weighted by atomic mass is 10.2. The molecule has 3 fully saturated rings. The molecule has 35 heavy (non-hydrogen) atoms. The molecule has 5 aliphatic rings. The van der Waals surface area contributed by atoms with E-state index in [9.17, 15) is 5.11 Å². The molecule has 1 N–H and O–H groups in total. The van der Waals surface area contributed by atoms with Crippen molar-refractivity contribution in [2.75, 3.05) is 49.3 Å². The molecule has 1 unspecified atom stereocenters. The first-order valence-corrected chi connectivity index (χ1v) is 14.2. The Bertz CT molecular complexity index is 1070. The summed E-state index contributed by atoms with van der Waals surface area (Å²) in [5.41, 5.74) is 0. The normalized spacial score (nSPS) is 30.3. The van der Waals surface area contributed by atoms with Crippen LogP contribution in [0, 0.1) is 7.14 Å². The number of halogens is 2. The van der Waals surface area contributed by atoms with Crippen molar-refractivity contribution in [3.63, 3.8) is 0 Å². The third-order valence-corrected chi connectivity index (χ3v) is 8.80. The second kappa shape index (κ2) is 10.3. The summed E-state index contributed by atoms with van der Waals surface area (Å²) in [6.45, 7) is 4.54. The van der Waals surface area contributed by atoms with E-state index in [0.717, 1.165) is 75.9 Å². The first-order valence-electron chi connectivity index (χ1n) is 12.1. The van der Waals surface area contributed by atoms with Gasteiger partial charge in [0.15, 0.2) is 23.1 Å². The Morgan fingerprint density at radius 1 is 0.857 bits per heavy atom. The van der Waals surface area contributed by atoms with E-state index in [4.69, 9.17) is 18.9 Å². The van der Waals surface area contributed by atoms with Crippen LogP contribution in [0.1, 0.15) is 19.3 Å². The van der Waals surface area contributed by atoms with Crippen LogP contribution in [0.5, 0.6) is 11.5 Å². The summed E-state index contributed by atoms with van der Waals surface area (Å²) >= 11 is 4.55. The summed E-state index contributed by atoms with van der Waals surface area (Å²) in [4.78, 5) is 13.4. The van der Waals surface area contributed by atoms with Crippen molar-refractivity contribution in [3.05, 3.63) is 31.7 Å². The smallest absolute Gasteiger partial charge is 0.175 e. The van der Waals surface area contributed by atoms with E-state index >= 15 is 0 Å². The predicted octanol–water partition coefficient (Wildman–Crippen LogP) is 2.85. The first-order chi connectivity index (χ1) is 17.1. The van der Waals surface area contributed by atoms with Crippen LogP contribution in [0.2, 0.25) is 0 Å². The number of fused-ring (bicyclic) bond motifs is 6. The van der Waals surface area contributed by atoms with E-state index in [0.29, 0.717) is 19.2 Å². The number of aromatic nitrogens is 2. The summed E-state index contributed by atoms with van der Waals surface area (Å²) in [7, 11) is 0. The highest BCUT2D eigenvalue weighted by atomic mass is 127. The van der Waals surface area contributed by atoms with Crippen molar-refractivity contribution in [2.24, 2.45) is 0 Å². The number of nitrogens with zero attached hydrogens (tertiary/aromatic N) is 4. The fraction of sp³-hybridized carbons (Fsp3) is 0.583. The fourth-order valence-corrected chi connectivity index (χ4v) is 6.57. The number of aliphatic hydroxyl groups is 1. The Morgan fingerprint density at radius 3 is 2.11 bits per heavy atom. The number of hydrogen-bond acceptors (Lipinski definition) is 9. The van der Waals surface area contributed by atoms with Crippen molar-refractivity contribution in [1.82, 2.24) is 9.97 Å². The highest BCUT2D eigenvalue weighted by molar-refractivity contribution is 14.1. The molecule has 7 heterocycles. The number of hydrogen-bond donors (Lipinski definition) is 1. The number of ether oxygens (including phenoxy) is 4. The molecule has 0 radical (unpaired) electrons. The Balaban J connectivity index is 0.000000136. The zero-order chi connectivity index (χ0) is 23.9. The second-order valence-electron chi connectivity index (χ2n) is 9.49. The molecule has 2 aromatic rings. The van der Waals surface area contributed by atoms with Gasteiger partial charge in [-0.3, -0.25) is 0 Å². The first kappa shape index (κ1) is 24.2. The molecule has 3 saturated heterocycles. The van der Waals surface area contributed by atoms with Gasteiger partial charge >= 0.3 is 0 Å². The van der Waals surface area contributed by atoms with Gasteiger partial charge in [-0.05, 0) is 76.6 Å². The van der Waals surface area contributed by atoms with E-state index < -0.39 is 0 Å². The lowest BCUT2D eigenvalue weighted by Crippen LogP contribution is -2.39. The van der Waals surface area contributed by atoms with Gasteiger partial charge in [0.05, 0.1) is 44.1 Å². The largest absolute Gasteiger partial charge is 0.486 e. The van der Waals surface area contributed by atoms with Gasteiger partial charge in [-0.2, -0.15) is 0 Å². The third kappa shape index (κ3) is 4.90. The molecule has 0 aromatic carbocycles. The maximum atomic E-state index is 9.63. The minimum Gasteiger partial charge on any atom is -0.486 e. The molecule has 188 valence electrons. The van der Waals surface area contributed by atoms with Gasteiger partial charge in [-0.15, -0.1) is 0 Å². The maximum Gasteiger partial charge on any atom is 0.175 e. The summed E-state index contributed by atoms with van der Waals surface area (Å²) in [6.07, 6.45) is 6.75. The van der Waals surface area contributed by atoms with Gasteiger partial charge in [-0.25, -0.2) is 9.97 Å². The topological polar surface area (TPSA) is 89.4 Å². The average molecular weight is 706 g/mol. The lowest BCUT2D eigenvalue weighted by molar-refractivity contribution is -0.00632. The van der Waals surface area contributed by atoms with Gasteiger partial charge in [0, 0.05) is 32.1 Å². The fourth-order valence-electron chi connectivity index (χ4n) is 5.46. The van der Waals surface area contributed by atoms with Crippen LogP contribution >= 0.6 is 45.2 Å². The quantitative estimate of drug-likeness (QED) is 0.474. The SMILES string of the molecule is Ic1ccnc2c1OC[C@@H]1C[C@H](OC3CCOC3)CN21.O[C@H]1C[C@H]2COc3c(I)ccnc3N2C1. The number of aliphatic hydroxyl groups excluding tert-OH is 1. The maximum absolute atomic E-state index is 9.63. The second-order valence-corrected chi connectivity index (χ2v) is 11.8. The standard InChI is InChI=1S/C14H17IN2O3.C10H11IN2O2/c15-12-1-3-16-14-13(12)19-7-9-5-11(6-17(9)14)20-10-2-4-18-8-10;11-8-1-2-12-10-9(8)15-5-6-3-7(14)4-13(6)10/h1,3,9-11H,2,4-8H2;1-2,6-7,14H,3-5H2/t9-,10?,11-;6-,7-/m00/s1. The van der Waals surface area contributed by atoms with E-state index in [2.05, 4.69) is 64.9 Å². The van der Waals surface area contributed by atoms with E-state index in [-0.39, 0.29) is 24.4 Å². The lowest BCUT2D eigenvalue weighted by Gasteiger charge is -2.32. The molecule has 0 amide bonds. The molecule has 0 spiro atoms. The van der Waals surface area contributed by atoms with Crippen LogP contribution in [-0.2, 0) is 9.47 Å². The van der Waals surface area contributed by atoms with Crippen LogP contribution in [0.25, 0.3) is 0 Å². The van der Waals surface area contributed by atoms with Crippen LogP contribution in [0.4, 0.5) is 11.6 Å². The average Bonchev–Trinajstić information content (AvgIpc) is 3.59. The van der Waals surface area contributed by atoms with Crippen molar-refractivity contribution in [2.45, 2.75) is 49.7 Å². The van der Waals surface area contributed by atoms with Crippen LogP contribution in [0.15, 0.2) is 24.5 Å². The summed E-state index contributed by atoms with van der Waals surface area (Å²) in [5.74, 6) is 3.65. The van der Waals surface area contributed by atoms with Crippen molar-refractivity contribution >= 4 is 56.8 Å². The molecule has 5 aliphatic heterocycles. The monoisotopic (exact) mass is 706 g/mol. The van der Waals surface area contributed by atoms with Crippen LogP contribution < -0.4 is 19.3 Å². The Labute approximate surface area is 231 Å². The van der Waals surface area contributed by atoms with Gasteiger partial charge in [-0.1, -0.05) is 0 Å². The van der Waals surface area contributed by atoms with Crippen molar-refractivity contribution < 1.29 is 24.1 Å². The summed E-state index contributed by atoms with van der Waals surface area (Å²) < 4.78 is 25.3. The predicted molar refractivity (Wildman–Crippen MR) is 147 cm³/mol. The van der Waals surface area contributed by atoms with E-state index in [1.807, 2.05) is 18.3 Å². The number of anilines is 2. The molecular formula is C24H28I2N4O5. The molecule has 0 bridgehead atoms. The molecule has 0 aliphatic carbocycles.